The maximum Gasteiger partial charge on any atom is 0.209 e. The highest BCUT2D eigenvalue weighted by atomic mass is 35.5. The van der Waals surface area contributed by atoms with Gasteiger partial charge in [0, 0.05) is 6.42 Å². The summed E-state index contributed by atoms with van der Waals surface area (Å²) in [6, 6.07) is 7.10. The Balaban J connectivity index is 2.64. The van der Waals surface area contributed by atoms with Crippen molar-refractivity contribution in [2.75, 3.05) is 0 Å². The van der Waals surface area contributed by atoms with E-state index in [4.69, 9.17) is 46.4 Å². The third kappa shape index (κ3) is 1.76. The van der Waals surface area contributed by atoms with Gasteiger partial charge in [-0.3, -0.25) is 4.79 Å². The van der Waals surface area contributed by atoms with Crippen LogP contribution in [0.4, 0.5) is 0 Å². The molecule has 2 rings (SSSR count). The molecule has 5 heteroatoms. The smallest absolute Gasteiger partial charge is 0.209 e. The average Bonchev–Trinajstić information content (AvgIpc) is 2.15. The van der Waals surface area contributed by atoms with Crippen molar-refractivity contribution in [3.8, 4) is 0 Å². The predicted molar refractivity (Wildman–Crippen MR) is 63.0 cm³/mol. The van der Waals surface area contributed by atoms with Gasteiger partial charge in [-0.25, -0.2) is 0 Å². The Hall–Kier alpha value is 0.0500. The minimum absolute atomic E-state index is 0.228. The van der Waals surface area contributed by atoms with Crippen LogP contribution in [0.15, 0.2) is 24.3 Å². The lowest BCUT2D eigenvalue weighted by molar-refractivity contribution is -0.120. The molecule has 1 aliphatic rings. The van der Waals surface area contributed by atoms with E-state index in [0.29, 0.717) is 5.56 Å². The van der Waals surface area contributed by atoms with Crippen LogP contribution in [0.25, 0.3) is 0 Å². The lowest BCUT2D eigenvalue weighted by Gasteiger charge is -2.33. The van der Waals surface area contributed by atoms with Crippen molar-refractivity contribution in [3.63, 3.8) is 0 Å². The van der Waals surface area contributed by atoms with Crippen LogP contribution in [-0.2, 0) is 15.5 Å². The highest BCUT2D eigenvalue weighted by molar-refractivity contribution is 6.68. The van der Waals surface area contributed by atoms with Gasteiger partial charge in [-0.15, -0.1) is 0 Å². The van der Waals surface area contributed by atoms with Gasteiger partial charge >= 0.3 is 0 Å². The SMILES string of the molecule is O=C1C(Cl)(Cl)Cc2ccccc2C1(Cl)Cl. The fourth-order valence-electron chi connectivity index (χ4n) is 1.65. The van der Waals surface area contributed by atoms with Crippen molar-refractivity contribution in [2.24, 2.45) is 0 Å². The van der Waals surface area contributed by atoms with Gasteiger partial charge in [0.15, 0.2) is 4.33 Å². The van der Waals surface area contributed by atoms with Gasteiger partial charge in [0.25, 0.3) is 0 Å². The predicted octanol–water partition coefficient (Wildman–Crippen LogP) is 3.62. The number of hydrogen-bond donors (Lipinski definition) is 0. The van der Waals surface area contributed by atoms with Gasteiger partial charge in [-0.2, -0.15) is 0 Å². The monoisotopic (exact) mass is 282 g/mol. The molecule has 0 spiro atoms. The van der Waals surface area contributed by atoms with Crippen LogP contribution in [-0.4, -0.2) is 10.1 Å². The van der Waals surface area contributed by atoms with E-state index >= 15 is 0 Å². The van der Waals surface area contributed by atoms with Gasteiger partial charge in [0.2, 0.25) is 10.1 Å². The van der Waals surface area contributed by atoms with Crippen LogP contribution in [0, 0.1) is 0 Å². The number of fused-ring (bicyclic) bond motifs is 1. The van der Waals surface area contributed by atoms with Gasteiger partial charge in [-0.1, -0.05) is 70.7 Å². The Morgan fingerprint density at radius 2 is 1.67 bits per heavy atom. The Labute approximate surface area is 107 Å². The third-order valence-electron chi connectivity index (χ3n) is 2.39. The minimum Gasteiger partial charge on any atom is -0.292 e. The molecule has 0 amide bonds. The first-order valence-corrected chi connectivity index (χ1v) is 5.76. The summed E-state index contributed by atoms with van der Waals surface area (Å²) in [5.41, 5.74) is 1.36. The van der Waals surface area contributed by atoms with E-state index in [-0.39, 0.29) is 6.42 Å². The van der Waals surface area contributed by atoms with E-state index in [0.717, 1.165) is 5.56 Å². The van der Waals surface area contributed by atoms with E-state index in [1.165, 1.54) is 0 Å². The number of alkyl halides is 4. The Morgan fingerprint density at radius 1 is 1.07 bits per heavy atom. The zero-order valence-corrected chi connectivity index (χ0v) is 10.5. The maximum absolute atomic E-state index is 11.8. The first-order valence-electron chi connectivity index (χ1n) is 4.24. The summed E-state index contributed by atoms with van der Waals surface area (Å²) in [7, 11) is 0. The van der Waals surface area contributed by atoms with Crippen molar-refractivity contribution in [2.45, 2.75) is 15.1 Å². The summed E-state index contributed by atoms with van der Waals surface area (Å²) in [5.74, 6) is -0.583. The van der Waals surface area contributed by atoms with E-state index < -0.39 is 14.4 Å². The van der Waals surface area contributed by atoms with Crippen molar-refractivity contribution in [1.29, 1.82) is 0 Å². The molecule has 0 atom stereocenters. The molecule has 0 radical (unpaired) electrons. The molecule has 0 heterocycles. The Bertz CT molecular complexity index is 425. The van der Waals surface area contributed by atoms with Gasteiger partial charge in [0.1, 0.15) is 0 Å². The van der Waals surface area contributed by atoms with Crippen LogP contribution >= 0.6 is 46.4 Å². The summed E-state index contributed by atoms with van der Waals surface area (Å²) < 4.78 is -3.20. The Morgan fingerprint density at radius 3 is 2.33 bits per heavy atom. The molecule has 0 fully saturated rings. The van der Waals surface area contributed by atoms with Crippen molar-refractivity contribution >= 4 is 52.2 Å². The molecule has 15 heavy (non-hydrogen) atoms. The van der Waals surface area contributed by atoms with Crippen molar-refractivity contribution in [3.05, 3.63) is 35.4 Å². The van der Waals surface area contributed by atoms with Crippen LogP contribution in [0.1, 0.15) is 11.1 Å². The summed E-state index contributed by atoms with van der Waals surface area (Å²) in [6.45, 7) is 0. The zero-order chi connectivity index (χ0) is 11.3. The second kappa shape index (κ2) is 3.53. The highest BCUT2D eigenvalue weighted by Gasteiger charge is 2.52. The molecule has 80 valence electrons. The number of ketones is 1. The molecule has 0 bridgehead atoms. The van der Waals surface area contributed by atoms with Crippen molar-refractivity contribution < 1.29 is 4.79 Å². The van der Waals surface area contributed by atoms with Gasteiger partial charge in [0.05, 0.1) is 0 Å². The Kier molecular flexibility index (Phi) is 2.71. The summed E-state index contributed by atoms with van der Waals surface area (Å²) in [4.78, 5) is 11.8. The average molecular weight is 284 g/mol. The standard InChI is InChI=1S/C10H6Cl4O/c11-9(12)5-6-3-1-2-4-7(6)10(13,14)8(9)15/h1-4H,5H2. The molecular weight excluding hydrogens is 278 g/mol. The van der Waals surface area contributed by atoms with E-state index in [1.807, 2.05) is 6.07 Å². The van der Waals surface area contributed by atoms with E-state index in [1.54, 1.807) is 18.2 Å². The molecule has 1 aromatic rings. The molecule has 0 N–H and O–H groups in total. The number of hydrogen-bond acceptors (Lipinski definition) is 1. The largest absolute Gasteiger partial charge is 0.292 e. The molecule has 1 aliphatic carbocycles. The molecule has 1 nitrogen and oxygen atoms in total. The molecule has 0 saturated carbocycles. The van der Waals surface area contributed by atoms with E-state index in [2.05, 4.69) is 0 Å². The second-order valence-electron chi connectivity index (χ2n) is 3.44. The quantitative estimate of drug-likeness (QED) is 0.665. The minimum atomic E-state index is -1.65. The van der Waals surface area contributed by atoms with Crippen LogP contribution < -0.4 is 0 Å². The number of Topliss-reactive ketones (excluding diaryl/α,β-unsaturated/α-hetero) is 1. The summed E-state index contributed by atoms with van der Waals surface area (Å²) >= 11 is 23.7. The van der Waals surface area contributed by atoms with E-state index in [9.17, 15) is 4.79 Å². The zero-order valence-electron chi connectivity index (χ0n) is 7.44. The summed E-state index contributed by atoms with van der Waals surface area (Å²) in [6.07, 6.45) is 0.228. The van der Waals surface area contributed by atoms with Crippen LogP contribution in [0.5, 0.6) is 0 Å². The molecule has 0 aliphatic heterocycles. The van der Waals surface area contributed by atoms with Crippen molar-refractivity contribution in [1.82, 2.24) is 0 Å². The number of rotatable bonds is 0. The van der Waals surface area contributed by atoms with Gasteiger partial charge < -0.3 is 0 Å². The molecule has 0 aromatic heterocycles. The number of benzene rings is 1. The first kappa shape index (κ1) is 11.5. The number of halogens is 4. The molecular formula is C10H6Cl4O. The summed E-state index contributed by atoms with van der Waals surface area (Å²) in [5, 5.41) is 0. The molecule has 0 saturated heterocycles. The first-order chi connectivity index (χ1) is 6.86. The number of carbonyl (C=O) groups excluding carboxylic acids is 1. The highest BCUT2D eigenvalue weighted by Crippen LogP contribution is 2.48. The van der Waals surface area contributed by atoms with Crippen LogP contribution in [0.2, 0.25) is 0 Å². The maximum atomic E-state index is 11.8. The van der Waals surface area contributed by atoms with Gasteiger partial charge in [-0.05, 0) is 11.1 Å². The normalized spacial score (nSPS) is 22.3. The lowest BCUT2D eigenvalue weighted by atomic mass is 9.89. The molecule has 0 unspecified atom stereocenters. The lowest BCUT2D eigenvalue weighted by Crippen LogP contribution is -2.44. The topological polar surface area (TPSA) is 17.1 Å². The fraction of sp³-hybridized carbons (Fsp3) is 0.300. The van der Waals surface area contributed by atoms with Crippen LogP contribution in [0.3, 0.4) is 0 Å². The second-order valence-corrected chi connectivity index (χ2v) is 6.25. The molecule has 1 aromatic carbocycles. The fourth-order valence-corrected chi connectivity index (χ4v) is 3.11. The number of carbonyl (C=O) groups is 1. The third-order valence-corrected chi connectivity index (χ3v) is 3.75.